The minimum Gasteiger partial charge on any atom is -0.390 e. The van der Waals surface area contributed by atoms with E-state index in [4.69, 9.17) is 0 Å². The average Bonchev–Trinajstić information content (AvgIpc) is 2.78. The molecular formula is C16H28O. The van der Waals surface area contributed by atoms with Crippen molar-refractivity contribution in [3.05, 3.63) is 0 Å². The molecule has 0 unspecified atom stereocenters. The molecule has 3 aliphatic rings. The smallest absolute Gasteiger partial charge is 0.0653 e. The zero-order valence-electron chi connectivity index (χ0n) is 12.1. The highest BCUT2D eigenvalue weighted by Gasteiger charge is 2.72. The number of aliphatic hydroxyl groups is 1. The summed E-state index contributed by atoms with van der Waals surface area (Å²) in [5.41, 5.74) is 0.504. The molecule has 0 saturated heterocycles. The topological polar surface area (TPSA) is 20.2 Å². The van der Waals surface area contributed by atoms with Crippen LogP contribution >= 0.6 is 0 Å². The van der Waals surface area contributed by atoms with Crippen molar-refractivity contribution in [3.63, 3.8) is 0 Å². The summed E-state index contributed by atoms with van der Waals surface area (Å²) in [4.78, 5) is 0. The van der Waals surface area contributed by atoms with Crippen LogP contribution in [0.4, 0.5) is 0 Å². The second-order valence-corrected chi connectivity index (χ2v) is 8.20. The Balaban J connectivity index is 2.01. The van der Waals surface area contributed by atoms with Crippen LogP contribution < -0.4 is 0 Å². The molecule has 3 saturated carbocycles. The lowest BCUT2D eigenvalue weighted by molar-refractivity contribution is -0.145. The minimum atomic E-state index is -0.412. The highest BCUT2D eigenvalue weighted by Crippen LogP contribution is 2.76. The molecule has 0 heterocycles. The Morgan fingerprint density at radius 3 is 2.29 bits per heavy atom. The summed E-state index contributed by atoms with van der Waals surface area (Å²) < 4.78 is 0. The summed E-state index contributed by atoms with van der Waals surface area (Å²) in [5.74, 6) is 3.10. The van der Waals surface area contributed by atoms with Gasteiger partial charge in [-0.25, -0.2) is 0 Å². The third kappa shape index (κ3) is 1.30. The van der Waals surface area contributed by atoms with Crippen LogP contribution in [0, 0.1) is 34.5 Å². The molecule has 6 atom stereocenters. The first-order valence-electron chi connectivity index (χ1n) is 7.44. The van der Waals surface area contributed by atoms with E-state index in [0.717, 1.165) is 24.2 Å². The van der Waals surface area contributed by atoms with E-state index in [0.29, 0.717) is 16.7 Å². The summed E-state index contributed by atoms with van der Waals surface area (Å²) in [6.07, 6.45) is 4.81. The van der Waals surface area contributed by atoms with Gasteiger partial charge in [-0.1, -0.05) is 27.7 Å². The molecule has 0 aromatic heterocycles. The molecule has 1 N–H and O–H groups in total. The van der Waals surface area contributed by atoms with Crippen LogP contribution in [0.5, 0.6) is 0 Å². The Morgan fingerprint density at radius 2 is 1.65 bits per heavy atom. The van der Waals surface area contributed by atoms with Gasteiger partial charge in [0.1, 0.15) is 0 Å². The maximum Gasteiger partial charge on any atom is 0.0653 e. The van der Waals surface area contributed by atoms with Crippen LogP contribution in [-0.2, 0) is 0 Å². The zero-order valence-corrected chi connectivity index (χ0v) is 12.1. The van der Waals surface area contributed by atoms with Crippen molar-refractivity contribution in [3.8, 4) is 0 Å². The van der Waals surface area contributed by atoms with Crippen molar-refractivity contribution in [1.82, 2.24) is 0 Å². The van der Waals surface area contributed by atoms with Gasteiger partial charge in [-0.2, -0.15) is 0 Å². The lowest BCUT2D eigenvalue weighted by atomic mass is 9.51. The molecule has 3 aliphatic carbocycles. The Kier molecular flexibility index (Phi) is 2.19. The Morgan fingerprint density at radius 1 is 1.00 bits per heavy atom. The molecule has 0 amide bonds. The Hall–Kier alpha value is -0.0400. The molecule has 0 aromatic rings. The fraction of sp³-hybridized carbons (Fsp3) is 1.00. The van der Waals surface area contributed by atoms with Crippen molar-refractivity contribution in [2.45, 2.75) is 65.9 Å². The third-order valence-electron chi connectivity index (χ3n) is 7.13. The number of hydrogen-bond acceptors (Lipinski definition) is 1. The van der Waals surface area contributed by atoms with Gasteiger partial charge in [-0.3, -0.25) is 0 Å². The number of hydrogen-bond donors (Lipinski definition) is 1. The lowest BCUT2D eigenvalue weighted by Crippen LogP contribution is -2.54. The second kappa shape index (κ2) is 3.10. The van der Waals surface area contributed by atoms with Gasteiger partial charge in [-0.15, -0.1) is 0 Å². The lowest BCUT2D eigenvalue weighted by Gasteiger charge is -2.56. The van der Waals surface area contributed by atoms with Crippen LogP contribution in [0.3, 0.4) is 0 Å². The van der Waals surface area contributed by atoms with E-state index in [2.05, 4.69) is 34.6 Å². The van der Waals surface area contributed by atoms with Crippen LogP contribution in [0.1, 0.15) is 60.3 Å². The van der Waals surface area contributed by atoms with E-state index in [-0.39, 0.29) is 0 Å². The molecule has 0 spiro atoms. The Bertz CT molecular complexity index is 343. The SMILES string of the molecule is C[C@@H]1CC[C@@](C)(O)[C@@H]2CC[C@@H]3[C@@H](C3(C)C)[C@@]12C. The predicted molar refractivity (Wildman–Crippen MR) is 70.6 cm³/mol. The van der Waals surface area contributed by atoms with E-state index in [1.165, 1.54) is 19.3 Å². The summed E-state index contributed by atoms with van der Waals surface area (Å²) in [6.45, 7) is 11.9. The number of rotatable bonds is 0. The third-order valence-corrected chi connectivity index (χ3v) is 7.13. The fourth-order valence-electron chi connectivity index (χ4n) is 6.02. The average molecular weight is 236 g/mol. The zero-order chi connectivity index (χ0) is 12.6. The predicted octanol–water partition coefficient (Wildman–Crippen LogP) is 3.86. The standard InChI is InChI=1S/C16H28O/c1-10-8-9-15(4,17)12-7-6-11-13(14(11,2)3)16(10,12)5/h10-13,17H,6-9H2,1-5H3/t10-,11-,12+,13+,15-,16+/m1/s1. The molecule has 1 heteroatoms. The minimum absolute atomic E-state index is 0.383. The fourth-order valence-corrected chi connectivity index (χ4v) is 6.02. The van der Waals surface area contributed by atoms with E-state index in [9.17, 15) is 5.11 Å². The van der Waals surface area contributed by atoms with Crippen molar-refractivity contribution in [1.29, 1.82) is 0 Å². The van der Waals surface area contributed by atoms with Gasteiger partial charge in [0.05, 0.1) is 5.60 Å². The molecule has 17 heavy (non-hydrogen) atoms. The van der Waals surface area contributed by atoms with Crippen molar-refractivity contribution in [2.24, 2.45) is 34.5 Å². The van der Waals surface area contributed by atoms with E-state index >= 15 is 0 Å². The highest BCUT2D eigenvalue weighted by atomic mass is 16.3. The van der Waals surface area contributed by atoms with Crippen LogP contribution in [0.2, 0.25) is 0 Å². The molecule has 98 valence electrons. The van der Waals surface area contributed by atoms with E-state index < -0.39 is 5.60 Å². The van der Waals surface area contributed by atoms with Crippen molar-refractivity contribution in [2.75, 3.05) is 0 Å². The first kappa shape index (κ1) is 12.0. The van der Waals surface area contributed by atoms with E-state index in [1.54, 1.807) is 0 Å². The maximum absolute atomic E-state index is 10.8. The molecule has 1 nitrogen and oxygen atoms in total. The first-order valence-corrected chi connectivity index (χ1v) is 7.44. The molecule has 0 aromatic carbocycles. The normalized spacial score (nSPS) is 60.4. The summed E-state index contributed by atoms with van der Waals surface area (Å²) in [7, 11) is 0. The quantitative estimate of drug-likeness (QED) is 0.677. The van der Waals surface area contributed by atoms with Crippen molar-refractivity contribution >= 4 is 0 Å². The van der Waals surface area contributed by atoms with Gasteiger partial charge >= 0.3 is 0 Å². The van der Waals surface area contributed by atoms with Gasteiger partial charge in [0.2, 0.25) is 0 Å². The molecule has 0 radical (unpaired) electrons. The summed E-state index contributed by atoms with van der Waals surface area (Å²) >= 11 is 0. The highest BCUT2D eigenvalue weighted by molar-refractivity contribution is 5.20. The van der Waals surface area contributed by atoms with Crippen molar-refractivity contribution < 1.29 is 5.11 Å². The van der Waals surface area contributed by atoms with Crippen LogP contribution in [-0.4, -0.2) is 10.7 Å². The van der Waals surface area contributed by atoms with Gasteiger partial charge < -0.3 is 5.11 Å². The summed E-state index contributed by atoms with van der Waals surface area (Å²) in [6, 6.07) is 0. The Labute approximate surface area is 106 Å². The summed E-state index contributed by atoms with van der Waals surface area (Å²) in [5, 5.41) is 10.8. The largest absolute Gasteiger partial charge is 0.390 e. The van der Waals surface area contributed by atoms with Gasteiger partial charge in [0.25, 0.3) is 0 Å². The van der Waals surface area contributed by atoms with E-state index in [1.807, 2.05) is 0 Å². The monoisotopic (exact) mass is 236 g/mol. The van der Waals surface area contributed by atoms with Gasteiger partial charge in [-0.05, 0) is 67.1 Å². The van der Waals surface area contributed by atoms with Crippen LogP contribution in [0.25, 0.3) is 0 Å². The van der Waals surface area contributed by atoms with Gasteiger partial charge in [0, 0.05) is 0 Å². The molecule has 3 fully saturated rings. The molecule has 0 aliphatic heterocycles. The first-order chi connectivity index (χ1) is 7.72. The van der Waals surface area contributed by atoms with Crippen LogP contribution in [0.15, 0.2) is 0 Å². The molecule has 3 rings (SSSR count). The van der Waals surface area contributed by atoms with Gasteiger partial charge in [0.15, 0.2) is 0 Å². The maximum atomic E-state index is 10.8. The second-order valence-electron chi connectivity index (χ2n) is 8.20. The molecular weight excluding hydrogens is 208 g/mol. The molecule has 0 bridgehead atoms. The number of fused-ring (bicyclic) bond motifs is 3.